The minimum atomic E-state index is -0.259. The third kappa shape index (κ3) is 1.38. The predicted octanol–water partition coefficient (Wildman–Crippen LogP) is 1.48. The molecule has 0 N–H and O–H groups in total. The highest BCUT2D eigenvalue weighted by atomic mass is 35.5. The van der Waals surface area contributed by atoms with Crippen molar-refractivity contribution in [2.45, 2.75) is 6.04 Å². The summed E-state index contributed by atoms with van der Waals surface area (Å²) >= 11 is 0. The molecule has 62 valence electrons. The van der Waals surface area contributed by atoms with Gasteiger partial charge in [0.2, 0.25) is 0 Å². The van der Waals surface area contributed by atoms with Crippen LogP contribution in [0.15, 0.2) is 40.9 Å². The Hall–Kier alpha value is -1.15. The average molecular weight is 182 g/mol. The second-order valence-corrected chi connectivity index (χ2v) is 2.49. The van der Waals surface area contributed by atoms with Gasteiger partial charge in [0.25, 0.3) is 0 Å². The minimum Gasteiger partial charge on any atom is -0.292 e. The summed E-state index contributed by atoms with van der Waals surface area (Å²) in [4.78, 5) is 15.2. The Morgan fingerprint density at radius 3 is 2.83 bits per heavy atom. The molecular weight excluding hydrogens is 174 g/mol. The molecule has 0 saturated heterocycles. The molecule has 0 spiro atoms. The third-order valence-corrected chi connectivity index (χ3v) is 1.74. The van der Waals surface area contributed by atoms with Gasteiger partial charge in [-0.05, 0) is 17.7 Å². The highest BCUT2D eigenvalue weighted by Gasteiger charge is 2.20. The van der Waals surface area contributed by atoms with Crippen molar-refractivity contribution in [3.63, 3.8) is 0 Å². The van der Waals surface area contributed by atoms with Crippen LogP contribution in [0.25, 0.3) is 0 Å². The van der Waals surface area contributed by atoms with Crippen LogP contribution in [0.2, 0.25) is 0 Å². The van der Waals surface area contributed by atoms with Gasteiger partial charge in [-0.2, -0.15) is 0 Å². The van der Waals surface area contributed by atoms with E-state index in [1.807, 2.05) is 18.2 Å². The van der Waals surface area contributed by atoms with Crippen LogP contribution in [0.3, 0.4) is 0 Å². The van der Waals surface area contributed by atoms with E-state index in [1.54, 1.807) is 18.4 Å². The molecule has 2 nitrogen and oxygen atoms in total. The van der Waals surface area contributed by atoms with Gasteiger partial charge < -0.3 is 0 Å². The predicted molar refractivity (Wildman–Crippen MR) is 50.9 cm³/mol. The summed E-state index contributed by atoms with van der Waals surface area (Å²) < 4.78 is 0. The molecule has 1 heterocycles. The number of fused-ring (bicyclic) bond motifs is 1. The Bertz CT molecular complexity index is 312. The number of dihydropyridines is 1. The first-order valence-corrected chi connectivity index (χ1v) is 3.50. The van der Waals surface area contributed by atoms with E-state index in [0.717, 1.165) is 5.57 Å². The highest BCUT2D eigenvalue weighted by Crippen LogP contribution is 2.16. The molecule has 2 aliphatic rings. The zero-order chi connectivity index (χ0) is 7.68. The first-order chi connectivity index (χ1) is 5.38. The molecule has 1 aliphatic heterocycles. The van der Waals surface area contributed by atoms with E-state index in [-0.39, 0.29) is 24.2 Å². The SMILES string of the molecule is Cl.O=C1C=CC=C2C=CC=NC12. The maximum absolute atomic E-state index is 11.2. The summed E-state index contributed by atoms with van der Waals surface area (Å²) in [7, 11) is 0. The van der Waals surface area contributed by atoms with Gasteiger partial charge in [-0.15, -0.1) is 12.4 Å². The number of halogens is 1. The number of ketones is 1. The van der Waals surface area contributed by atoms with Crippen LogP contribution in [0, 0.1) is 0 Å². The Morgan fingerprint density at radius 1 is 1.25 bits per heavy atom. The number of allylic oxidation sites excluding steroid dienone is 3. The summed E-state index contributed by atoms with van der Waals surface area (Å²) in [6.07, 6.45) is 10.7. The molecule has 1 aliphatic carbocycles. The lowest BCUT2D eigenvalue weighted by Gasteiger charge is -2.15. The maximum atomic E-state index is 11.2. The molecule has 0 aromatic rings. The van der Waals surface area contributed by atoms with Crippen LogP contribution < -0.4 is 0 Å². The zero-order valence-corrected chi connectivity index (χ0v) is 7.12. The van der Waals surface area contributed by atoms with Gasteiger partial charge in [0.15, 0.2) is 5.78 Å². The van der Waals surface area contributed by atoms with Gasteiger partial charge in [0, 0.05) is 6.21 Å². The fourth-order valence-corrected chi connectivity index (χ4v) is 1.20. The second-order valence-electron chi connectivity index (χ2n) is 2.49. The fraction of sp³-hybridized carbons (Fsp3) is 0.111. The second kappa shape index (κ2) is 3.50. The smallest absolute Gasteiger partial charge is 0.184 e. The van der Waals surface area contributed by atoms with Crippen molar-refractivity contribution in [1.82, 2.24) is 0 Å². The quantitative estimate of drug-likeness (QED) is 0.557. The lowest BCUT2D eigenvalue weighted by molar-refractivity contribution is -0.115. The number of carbonyl (C=O) groups is 1. The standard InChI is InChI=1S/C9H7NO.ClH/c11-8-5-1-3-7-4-2-6-10-9(7)8;/h1-6,9H;1H. The van der Waals surface area contributed by atoms with Gasteiger partial charge >= 0.3 is 0 Å². The Balaban J connectivity index is 0.000000720. The number of hydrogen-bond acceptors (Lipinski definition) is 2. The highest BCUT2D eigenvalue weighted by molar-refractivity contribution is 6.01. The van der Waals surface area contributed by atoms with Crippen LogP contribution in [0.5, 0.6) is 0 Å². The van der Waals surface area contributed by atoms with Crippen molar-refractivity contribution in [3.8, 4) is 0 Å². The van der Waals surface area contributed by atoms with E-state index >= 15 is 0 Å². The normalized spacial score (nSPS) is 24.5. The van der Waals surface area contributed by atoms with Crippen LogP contribution in [0.4, 0.5) is 0 Å². The molecule has 1 unspecified atom stereocenters. The van der Waals surface area contributed by atoms with E-state index in [9.17, 15) is 4.79 Å². The molecule has 12 heavy (non-hydrogen) atoms. The monoisotopic (exact) mass is 181 g/mol. The van der Waals surface area contributed by atoms with Crippen molar-refractivity contribution in [2.24, 2.45) is 4.99 Å². The summed E-state index contributed by atoms with van der Waals surface area (Å²) in [5, 5.41) is 0. The van der Waals surface area contributed by atoms with Gasteiger partial charge in [0.05, 0.1) is 0 Å². The first-order valence-electron chi connectivity index (χ1n) is 3.50. The van der Waals surface area contributed by atoms with Gasteiger partial charge in [-0.1, -0.05) is 18.2 Å². The molecule has 0 bridgehead atoms. The molecule has 0 aromatic heterocycles. The molecule has 0 fully saturated rings. The zero-order valence-electron chi connectivity index (χ0n) is 6.31. The summed E-state index contributed by atoms with van der Waals surface area (Å²) in [6.45, 7) is 0. The van der Waals surface area contributed by atoms with Crippen molar-refractivity contribution >= 4 is 24.4 Å². The summed E-state index contributed by atoms with van der Waals surface area (Å²) in [5.41, 5.74) is 0.986. The van der Waals surface area contributed by atoms with Crippen LogP contribution in [-0.4, -0.2) is 18.0 Å². The molecule has 3 heteroatoms. The Kier molecular flexibility index (Phi) is 2.61. The van der Waals surface area contributed by atoms with Crippen LogP contribution >= 0.6 is 12.4 Å². The molecular formula is C9H8ClNO. The molecule has 0 saturated carbocycles. The number of rotatable bonds is 0. The Morgan fingerprint density at radius 2 is 2.08 bits per heavy atom. The molecule has 2 rings (SSSR count). The van der Waals surface area contributed by atoms with Crippen molar-refractivity contribution in [3.05, 3.63) is 36.0 Å². The summed E-state index contributed by atoms with van der Waals surface area (Å²) in [5.74, 6) is 0.0723. The van der Waals surface area contributed by atoms with E-state index in [1.165, 1.54) is 0 Å². The van der Waals surface area contributed by atoms with Crippen LogP contribution in [0.1, 0.15) is 0 Å². The van der Waals surface area contributed by atoms with Crippen molar-refractivity contribution in [1.29, 1.82) is 0 Å². The van der Waals surface area contributed by atoms with E-state index < -0.39 is 0 Å². The molecule has 0 radical (unpaired) electrons. The minimum absolute atomic E-state index is 0. The summed E-state index contributed by atoms with van der Waals surface area (Å²) in [6, 6.07) is -0.259. The van der Waals surface area contributed by atoms with Crippen molar-refractivity contribution in [2.75, 3.05) is 0 Å². The first kappa shape index (κ1) is 8.94. The fourth-order valence-electron chi connectivity index (χ4n) is 1.20. The average Bonchev–Trinajstić information content (AvgIpc) is 2.06. The molecule has 1 atom stereocenters. The lowest BCUT2D eigenvalue weighted by atomic mass is 9.96. The number of aliphatic imine (C=N–C) groups is 1. The van der Waals surface area contributed by atoms with Gasteiger partial charge in [-0.3, -0.25) is 9.79 Å². The van der Waals surface area contributed by atoms with E-state index in [0.29, 0.717) is 0 Å². The molecule has 0 aromatic carbocycles. The van der Waals surface area contributed by atoms with Crippen molar-refractivity contribution < 1.29 is 4.79 Å². The van der Waals surface area contributed by atoms with Crippen LogP contribution in [-0.2, 0) is 4.79 Å². The molecule has 0 amide bonds. The Labute approximate surface area is 76.8 Å². The lowest BCUT2D eigenvalue weighted by Crippen LogP contribution is -2.21. The largest absolute Gasteiger partial charge is 0.292 e. The topological polar surface area (TPSA) is 29.4 Å². The van der Waals surface area contributed by atoms with Gasteiger partial charge in [-0.25, -0.2) is 0 Å². The number of hydrogen-bond donors (Lipinski definition) is 0. The number of nitrogens with zero attached hydrogens (tertiary/aromatic N) is 1. The maximum Gasteiger partial charge on any atom is 0.184 e. The number of carbonyl (C=O) groups excluding carboxylic acids is 1. The third-order valence-electron chi connectivity index (χ3n) is 1.74. The van der Waals surface area contributed by atoms with E-state index in [4.69, 9.17) is 0 Å². The van der Waals surface area contributed by atoms with Gasteiger partial charge in [0.1, 0.15) is 6.04 Å². The van der Waals surface area contributed by atoms with E-state index in [2.05, 4.69) is 4.99 Å².